The maximum absolute atomic E-state index is 12.8. The van der Waals surface area contributed by atoms with E-state index in [-0.39, 0.29) is 5.91 Å². The summed E-state index contributed by atoms with van der Waals surface area (Å²) >= 11 is 0. The smallest absolute Gasteiger partial charge is 0.272 e. The number of carbonyl (C=O) groups excluding carboxylic acids is 1. The van der Waals surface area contributed by atoms with Crippen molar-refractivity contribution >= 4 is 23.2 Å². The van der Waals surface area contributed by atoms with E-state index in [2.05, 4.69) is 60.0 Å². The number of aromatic nitrogens is 2. The van der Waals surface area contributed by atoms with E-state index in [1.165, 1.54) is 5.69 Å². The van der Waals surface area contributed by atoms with Crippen molar-refractivity contribution in [1.29, 1.82) is 0 Å². The minimum Gasteiger partial charge on any atom is -0.372 e. The van der Waals surface area contributed by atoms with Gasteiger partial charge in [0, 0.05) is 43.8 Å². The van der Waals surface area contributed by atoms with E-state index < -0.39 is 0 Å². The van der Waals surface area contributed by atoms with E-state index >= 15 is 0 Å². The van der Waals surface area contributed by atoms with Crippen LogP contribution in [0.3, 0.4) is 0 Å². The molecule has 28 heavy (non-hydrogen) atoms. The van der Waals surface area contributed by atoms with Crippen LogP contribution < -0.4 is 10.2 Å². The van der Waals surface area contributed by atoms with Crippen LogP contribution in [0.5, 0.6) is 0 Å². The van der Waals surface area contributed by atoms with E-state index in [0.29, 0.717) is 17.6 Å². The Labute approximate surface area is 168 Å². The predicted molar refractivity (Wildman–Crippen MR) is 114 cm³/mol. The normalized spacial score (nSPS) is 14.8. The Hall–Kier alpha value is -2.63. The lowest BCUT2D eigenvalue weighted by molar-refractivity contribution is 0.0691. The number of aryl methyl sites for hydroxylation is 1. The fourth-order valence-electron chi connectivity index (χ4n) is 3.61. The summed E-state index contributed by atoms with van der Waals surface area (Å²) in [7, 11) is 0. The zero-order valence-electron chi connectivity index (χ0n) is 17.4. The largest absolute Gasteiger partial charge is 0.372 e. The highest BCUT2D eigenvalue weighted by Gasteiger charge is 2.22. The summed E-state index contributed by atoms with van der Waals surface area (Å²) in [4.78, 5) is 25.7. The van der Waals surface area contributed by atoms with Crippen molar-refractivity contribution in [3.63, 3.8) is 0 Å². The standard InChI is InChI=1S/C22H31N5O/c1-5-26(6-2)18-7-8-19(17(4)15-18)24-22-23-12-9-20(25-22)21(28)27-13-10-16(3)11-14-27/h7-9,12,15-16H,5-6,10-11,13-14H2,1-4H3,(H,23,24,25). The second-order valence-corrected chi connectivity index (χ2v) is 7.54. The van der Waals surface area contributed by atoms with Gasteiger partial charge in [0.2, 0.25) is 5.95 Å². The lowest BCUT2D eigenvalue weighted by Gasteiger charge is -2.30. The number of nitrogens with zero attached hydrogens (tertiary/aromatic N) is 4. The number of nitrogens with one attached hydrogen (secondary N) is 1. The molecule has 1 aliphatic rings. The van der Waals surface area contributed by atoms with Gasteiger partial charge in [0.25, 0.3) is 5.91 Å². The molecule has 0 bridgehead atoms. The van der Waals surface area contributed by atoms with Crippen LogP contribution in [-0.2, 0) is 0 Å². The van der Waals surface area contributed by atoms with Crippen LogP contribution in [0.2, 0.25) is 0 Å². The molecule has 1 aromatic carbocycles. The van der Waals surface area contributed by atoms with Crippen LogP contribution in [0.4, 0.5) is 17.3 Å². The van der Waals surface area contributed by atoms with Gasteiger partial charge in [0.1, 0.15) is 5.69 Å². The van der Waals surface area contributed by atoms with Crippen LogP contribution in [0.25, 0.3) is 0 Å². The van der Waals surface area contributed by atoms with Crippen molar-refractivity contribution in [2.45, 2.75) is 40.5 Å². The summed E-state index contributed by atoms with van der Waals surface area (Å²) in [5.74, 6) is 1.13. The molecule has 2 heterocycles. The number of likely N-dealkylation sites (tertiary alicyclic amines) is 1. The molecule has 0 atom stereocenters. The SMILES string of the molecule is CCN(CC)c1ccc(Nc2nccc(C(=O)N3CCC(C)CC3)n2)c(C)c1. The lowest BCUT2D eigenvalue weighted by Crippen LogP contribution is -2.38. The zero-order chi connectivity index (χ0) is 20.1. The quantitative estimate of drug-likeness (QED) is 0.811. The van der Waals surface area contributed by atoms with E-state index in [1.807, 2.05) is 11.0 Å². The van der Waals surface area contributed by atoms with Gasteiger partial charge >= 0.3 is 0 Å². The Morgan fingerprint density at radius 3 is 2.57 bits per heavy atom. The first-order valence-electron chi connectivity index (χ1n) is 10.3. The number of amides is 1. The number of hydrogen-bond donors (Lipinski definition) is 1. The highest BCUT2D eigenvalue weighted by atomic mass is 16.2. The molecule has 2 aromatic rings. The molecule has 0 spiro atoms. The number of hydrogen-bond acceptors (Lipinski definition) is 5. The number of anilines is 3. The molecule has 1 amide bonds. The molecule has 1 aromatic heterocycles. The van der Waals surface area contributed by atoms with Crippen LogP contribution in [0.15, 0.2) is 30.5 Å². The van der Waals surface area contributed by atoms with Crippen LogP contribution in [0.1, 0.15) is 49.7 Å². The predicted octanol–water partition coefficient (Wildman–Crippen LogP) is 4.25. The van der Waals surface area contributed by atoms with E-state index in [4.69, 9.17) is 0 Å². The minimum absolute atomic E-state index is 0.00838. The van der Waals surface area contributed by atoms with Crippen LogP contribution >= 0.6 is 0 Å². The summed E-state index contributed by atoms with van der Waals surface area (Å²) in [6, 6.07) is 8.01. The first-order valence-corrected chi connectivity index (χ1v) is 10.3. The second-order valence-electron chi connectivity index (χ2n) is 7.54. The van der Waals surface area contributed by atoms with E-state index in [1.54, 1.807) is 12.3 Å². The van der Waals surface area contributed by atoms with Gasteiger partial charge in [-0.25, -0.2) is 9.97 Å². The first kappa shape index (κ1) is 20.1. The van der Waals surface area contributed by atoms with Crippen molar-refractivity contribution in [3.05, 3.63) is 41.7 Å². The molecule has 0 saturated carbocycles. The molecule has 0 aliphatic carbocycles. The Morgan fingerprint density at radius 1 is 1.21 bits per heavy atom. The zero-order valence-corrected chi connectivity index (χ0v) is 17.4. The van der Waals surface area contributed by atoms with Gasteiger partial charge < -0.3 is 15.1 Å². The number of carbonyl (C=O) groups is 1. The molecule has 6 heteroatoms. The third kappa shape index (κ3) is 4.61. The lowest BCUT2D eigenvalue weighted by atomic mass is 9.99. The Morgan fingerprint density at radius 2 is 1.93 bits per heavy atom. The van der Waals surface area contributed by atoms with Gasteiger partial charge in [-0.15, -0.1) is 0 Å². The molecular weight excluding hydrogens is 350 g/mol. The molecule has 1 saturated heterocycles. The molecule has 1 fully saturated rings. The molecular formula is C22H31N5O. The average Bonchev–Trinajstić information content (AvgIpc) is 2.71. The maximum atomic E-state index is 12.8. The minimum atomic E-state index is -0.00838. The number of rotatable bonds is 6. The summed E-state index contributed by atoms with van der Waals surface area (Å²) < 4.78 is 0. The molecule has 150 valence electrons. The van der Waals surface area contributed by atoms with Crippen LogP contribution in [-0.4, -0.2) is 47.0 Å². The molecule has 1 N–H and O–H groups in total. The summed E-state index contributed by atoms with van der Waals surface area (Å²) in [5, 5.41) is 3.27. The second kappa shape index (κ2) is 9.04. The third-order valence-electron chi connectivity index (χ3n) is 5.53. The first-order chi connectivity index (χ1) is 13.5. The molecule has 3 rings (SSSR count). The molecule has 0 unspecified atom stereocenters. The fraction of sp³-hybridized carbons (Fsp3) is 0.500. The van der Waals surface area contributed by atoms with Gasteiger partial charge in [-0.3, -0.25) is 4.79 Å². The van der Waals surface area contributed by atoms with Crippen molar-refractivity contribution in [3.8, 4) is 0 Å². The molecule has 1 aliphatic heterocycles. The highest BCUT2D eigenvalue weighted by Crippen LogP contribution is 2.25. The van der Waals surface area contributed by atoms with Gasteiger partial charge in [0.05, 0.1) is 0 Å². The van der Waals surface area contributed by atoms with Gasteiger partial charge in [0.15, 0.2) is 0 Å². The van der Waals surface area contributed by atoms with Crippen molar-refractivity contribution in [2.75, 3.05) is 36.4 Å². The maximum Gasteiger partial charge on any atom is 0.272 e. The van der Waals surface area contributed by atoms with E-state index in [0.717, 1.165) is 50.3 Å². The summed E-state index contributed by atoms with van der Waals surface area (Å²) in [6.07, 6.45) is 3.76. The van der Waals surface area contributed by atoms with Gasteiger partial charge in [-0.1, -0.05) is 6.92 Å². The Kier molecular flexibility index (Phi) is 6.49. The average molecular weight is 382 g/mol. The monoisotopic (exact) mass is 381 g/mol. The van der Waals surface area contributed by atoms with Crippen molar-refractivity contribution in [2.24, 2.45) is 5.92 Å². The fourth-order valence-corrected chi connectivity index (χ4v) is 3.61. The number of benzene rings is 1. The van der Waals surface area contributed by atoms with Gasteiger partial charge in [-0.2, -0.15) is 0 Å². The van der Waals surface area contributed by atoms with E-state index in [9.17, 15) is 4.79 Å². The topological polar surface area (TPSA) is 61.4 Å². The van der Waals surface area contributed by atoms with Crippen LogP contribution in [0, 0.1) is 12.8 Å². The van der Waals surface area contributed by atoms with Gasteiger partial charge in [-0.05, 0) is 69.4 Å². The van der Waals surface area contributed by atoms with Crippen molar-refractivity contribution < 1.29 is 4.79 Å². The Balaban J connectivity index is 1.73. The number of piperidine rings is 1. The Bertz CT molecular complexity index is 810. The summed E-state index contributed by atoms with van der Waals surface area (Å²) in [6.45, 7) is 12.2. The summed E-state index contributed by atoms with van der Waals surface area (Å²) in [5.41, 5.74) is 3.73. The highest BCUT2D eigenvalue weighted by molar-refractivity contribution is 5.92. The third-order valence-corrected chi connectivity index (χ3v) is 5.53. The molecule has 6 nitrogen and oxygen atoms in total. The van der Waals surface area contributed by atoms with Crippen molar-refractivity contribution in [1.82, 2.24) is 14.9 Å². The molecule has 0 radical (unpaired) electrons.